The number of hydrogen-bond donors (Lipinski definition) is 1. The zero-order valence-corrected chi connectivity index (χ0v) is 8.37. The van der Waals surface area contributed by atoms with Crippen LogP contribution in [0.2, 0.25) is 0 Å². The Hall–Kier alpha value is -1.76. The summed E-state index contributed by atoms with van der Waals surface area (Å²) in [5.74, 6) is -0.347. The molecule has 0 radical (unpaired) electrons. The van der Waals surface area contributed by atoms with Crippen LogP contribution in [0.5, 0.6) is 5.19 Å². The molecule has 2 N–H and O–H groups in total. The van der Waals surface area contributed by atoms with Gasteiger partial charge in [0.2, 0.25) is 5.13 Å². The van der Waals surface area contributed by atoms with Gasteiger partial charge in [-0.2, -0.15) is 0 Å². The average Bonchev–Trinajstić information content (AvgIpc) is 2.62. The molecule has 0 saturated carbocycles. The first kappa shape index (κ1) is 9.78. The van der Waals surface area contributed by atoms with Crippen molar-refractivity contribution >= 4 is 16.5 Å². The van der Waals surface area contributed by atoms with Crippen LogP contribution in [0.15, 0.2) is 18.3 Å². The lowest BCUT2D eigenvalue weighted by molar-refractivity contribution is 0.296. The number of ether oxygens (including phenoxy) is 1. The van der Waals surface area contributed by atoms with E-state index in [4.69, 9.17) is 10.5 Å². The summed E-state index contributed by atoms with van der Waals surface area (Å²) >= 11 is 1.12. The molecule has 0 fully saturated rings. The van der Waals surface area contributed by atoms with E-state index in [2.05, 4.69) is 15.2 Å². The van der Waals surface area contributed by atoms with Crippen molar-refractivity contribution in [3.8, 4) is 5.19 Å². The van der Waals surface area contributed by atoms with Gasteiger partial charge in [-0.15, -0.1) is 5.10 Å². The number of nitrogens with two attached hydrogens (primary N) is 1. The molecule has 2 rings (SSSR count). The molecule has 0 bridgehead atoms. The first-order valence-electron chi connectivity index (χ1n) is 4.06. The van der Waals surface area contributed by atoms with Crippen molar-refractivity contribution in [1.82, 2.24) is 15.2 Å². The average molecular weight is 226 g/mol. The van der Waals surface area contributed by atoms with Crippen molar-refractivity contribution in [2.24, 2.45) is 0 Å². The van der Waals surface area contributed by atoms with E-state index < -0.39 is 0 Å². The second-order valence-electron chi connectivity index (χ2n) is 2.66. The molecule has 0 aliphatic rings. The lowest BCUT2D eigenvalue weighted by Crippen LogP contribution is -1.98. The van der Waals surface area contributed by atoms with Gasteiger partial charge in [0.1, 0.15) is 12.4 Å². The normalized spacial score (nSPS) is 10.2. The van der Waals surface area contributed by atoms with Crippen LogP contribution in [0.1, 0.15) is 5.69 Å². The van der Waals surface area contributed by atoms with Crippen molar-refractivity contribution < 1.29 is 9.13 Å². The maximum atomic E-state index is 12.8. The minimum atomic E-state index is -0.347. The third-order valence-electron chi connectivity index (χ3n) is 1.54. The first-order valence-corrected chi connectivity index (χ1v) is 4.88. The minimum absolute atomic E-state index is 0.145. The van der Waals surface area contributed by atoms with Gasteiger partial charge in [0.25, 0.3) is 5.19 Å². The van der Waals surface area contributed by atoms with Crippen LogP contribution < -0.4 is 10.5 Å². The maximum absolute atomic E-state index is 12.8. The van der Waals surface area contributed by atoms with E-state index in [1.807, 2.05) is 0 Å². The minimum Gasteiger partial charge on any atom is -0.462 e. The standard InChI is InChI=1S/C8H7FN4OS/c9-5-1-2-11-6(3-5)4-14-8-13-12-7(10)15-8/h1-3H,4H2,(H2,10,12). The summed E-state index contributed by atoms with van der Waals surface area (Å²) < 4.78 is 18.0. The molecule has 5 nitrogen and oxygen atoms in total. The van der Waals surface area contributed by atoms with Crippen LogP contribution in [0, 0.1) is 5.82 Å². The number of nitrogen functional groups attached to an aromatic ring is 1. The Morgan fingerprint density at radius 1 is 1.47 bits per heavy atom. The van der Waals surface area contributed by atoms with Crippen LogP contribution in [0.4, 0.5) is 9.52 Å². The number of hydrogen-bond acceptors (Lipinski definition) is 6. The molecular formula is C8H7FN4OS. The van der Waals surface area contributed by atoms with E-state index in [-0.39, 0.29) is 12.4 Å². The molecule has 0 amide bonds. The SMILES string of the molecule is Nc1nnc(OCc2cc(F)ccn2)s1. The zero-order valence-electron chi connectivity index (χ0n) is 7.55. The Labute approximate surface area is 88.7 Å². The monoisotopic (exact) mass is 226 g/mol. The molecule has 0 aromatic carbocycles. The molecule has 78 valence electrons. The van der Waals surface area contributed by atoms with Gasteiger partial charge in [0.05, 0.1) is 5.69 Å². The number of halogens is 1. The predicted molar refractivity (Wildman–Crippen MR) is 52.8 cm³/mol. The Kier molecular flexibility index (Phi) is 2.72. The van der Waals surface area contributed by atoms with Crippen LogP contribution in [0.25, 0.3) is 0 Å². The molecule has 0 aliphatic heterocycles. The Balaban J connectivity index is 1.99. The van der Waals surface area contributed by atoms with E-state index in [1.165, 1.54) is 18.3 Å². The fourth-order valence-corrected chi connectivity index (χ4v) is 1.40. The highest BCUT2D eigenvalue weighted by molar-refractivity contribution is 7.16. The van der Waals surface area contributed by atoms with Crippen molar-refractivity contribution in [2.75, 3.05) is 5.73 Å². The smallest absolute Gasteiger partial charge is 0.296 e. The van der Waals surface area contributed by atoms with Gasteiger partial charge in [0, 0.05) is 6.20 Å². The summed E-state index contributed by atoms with van der Waals surface area (Å²) in [7, 11) is 0. The van der Waals surface area contributed by atoms with Crippen molar-refractivity contribution in [3.63, 3.8) is 0 Å². The fourth-order valence-electron chi connectivity index (χ4n) is 0.942. The highest BCUT2D eigenvalue weighted by Gasteiger charge is 2.03. The first-order chi connectivity index (χ1) is 7.24. The highest BCUT2D eigenvalue weighted by Crippen LogP contribution is 2.19. The lowest BCUT2D eigenvalue weighted by Gasteiger charge is -2.00. The van der Waals surface area contributed by atoms with Crippen molar-refractivity contribution in [1.29, 1.82) is 0 Å². The highest BCUT2D eigenvalue weighted by atomic mass is 32.1. The summed E-state index contributed by atoms with van der Waals surface area (Å²) in [6.07, 6.45) is 1.38. The molecule has 0 atom stereocenters. The predicted octanol–water partition coefficient (Wildman–Crippen LogP) is 1.23. The van der Waals surface area contributed by atoms with E-state index in [1.54, 1.807) is 0 Å². The molecule has 2 heterocycles. The molecule has 2 aromatic heterocycles. The largest absolute Gasteiger partial charge is 0.462 e. The lowest BCUT2D eigenvalue weighted by atomic mass is 10.3. The number of pyridine rings is 1. The summed E-state index contributed by atoms with van der Waals surface area (Å²) in [4.78, 5) is 3.92. The second-order valence-corrected chi connectivity index (χ2v) is 3.63. The van der Waals surface area contributed by atoms with E-state index in [0.717, 1.165) is 11.3 Å². The van der Waals surface area contributed by atoms with Gasteiger partial charge in [-0.05, 0) is 23.5 Å². The zero-order chi connectivity index (χ0) is 10.7. The molecule has 15 heavy (non-hydrogen) atoms. The molecule has 0 spiro atoms. The van der Waals surface area contributed by atoms with E-state index in [9.17, 15) is 4.39 Å². The number of nitrogens with zero attached hydrogens (tertiary/aromatic N) is 3. The third-order valence-corrected chi connectivity index (χ3v) is 2.21. The molecule has 0 saturated heterocycles. The quantitative estimate of drug-likeness (QED) is 0.852. The molecule has 0 aliphatic carbocycles. The van der Waals surface area contributed by atoms with Crippen molar-refractivity contribution in [2.45, 2.75) is 6.61 Å². The maximum Gasteiger partial charge on any atom is 0.296 e. The molecule has 7 heteroatoms. The van der Waals surface area contributed by atoms with Gasteiger partial charge in [-0.25, -0.2) is 4.39 Å². The Morgan fingerprint density at radius 3 is 3.00 bits per heavy atom. The van der Waals surface area contributed by atoms with Gasteiger partial charge >= 0.3 is 0 Å². The molecular weight excluding hydrogens is 219 g/mol. The summed E-state index contributed by atoms with van der Waals surface area (Å²) in [6.45, 7) is 0.145. The number of rotatable bonds is 3. The number of aromatic nitrogens is 3. The van der Waals surface area contributed by atoms with Crippen LogP contribution >= 0.6 is 11.3 Å². The topological polar surface area (TPSA) is 73.9 Å². The molecule has 0 unspecified atom stereocenters. The van der Waals surface area contributed by atoms with Crippen LogP contribution in [-0.4, -0.2) is 15.2 Å². The Bertz CT molecular complexity index is 461. The summed E-state index contributed by atoms with van der Waals surface area (Å²) in [6, 6.07) is 2.57. The second kappa shape index (κ2) is 4.18. The van der Waals surface area contributed by atoms with Gasteiger partial charge in [-0.1, -0.05) is 5.10 Å². The fraction of sp³-hybridized carbons (Fsp3) is 0.125. The van der Waals surface area contributed by atoms with Gasteiger partial charge in [0.15, 0.2) is 0 Å². The molecule has 2 aromatic rings. The van der Waals surface area contributed by atoms with Crippen molar-refractivity contribution in [3.05, 3.63) is 29.8 Å². The van der Waals surface area contributed by atoms with E-state index in [0.29, 0.717) is 16.0 Å². The van der Waals surface area contributed by atoms with Crippen LogP contribution in [0.3, 0.4) is 0 Å². The Morgan fingerprint density at radius 2 is 2.33 bits per heavy atom. The van der Waals surface area contributed by atoms with Crippen LogP contribution in [-0.2, 0) is 6.61 Å². The van der Waals surface area contributed by atoms with Gasteiger partial charge in [-0.3, -0.25) is 4.98 Å². The summed E-state index contributed by atoms with van der Waals surface area (Å²) in [5, 5.41) is 7.90. The third kappa shape index (κ3) is 2.59. The summed E-state index contributed by atoms with van der Waals surface area (Å²) in [5.41, 5.74) is 5.85. The van der Waals surface area contributed by atoms with Gasteiger partial charge < -0.3 is 10.5 Å². The number of anilines is 1. The van der Waals surface area contributed by atoms with E-state index >= 15 is 0 Å².